The van der Waals surface area contributed by atoms with Gasteiger partial charge in [0.1, 0.15) is 5.54 Å². The van der Waals surface area contributed by atoms with E-state index in [0.717, 1.165) is 17.3 Å². The second-order valence-electron chi connectivity index (χ2n) is 4.91. The van der Waals surface area contributed by atoms with Crippen LogP contribution in [0.3, 0.4) is 0 Å². The Morgan fingerprint density at radius 1 is 1.64 bits per heavy atom. The number of aliphatic hydroxyl groups excluding tert-OH is 1. The van der Waals surface area contributed by atoms with Crippen LogP contribution in [0.1, 0.15) is 26.2 Å². The topological polar surface area (TPSA) is 49.7 Å². The van der Waals surface area contributed by atoms with E-state index in [0.29, 0.717) is 24.2 Å². The minimum absolute atomic E-state index is 0.288. The first kappa shape index (κ1) is 10.8. The molecule has 5 atom stereocenters. The first-order chi connectivity index (χ1) is 6.63. The lowest BCUT2D eigenvalue weighted by atomic mass is 9.48. The second kappa shape index (κ2) is 3.70. The van der Waals surface area contributed by atoms with Gasteiger partial charge in [0.2, 0.25) is 0 Å². The van der Waals surface area contributed by atoms with Gasteiger partial charge in [-0.1, -0.05) is 34.7 Å². The number of nitrogens with zero attached hydrogens (tertiary/aromatic N) is 1. The van der Waals surface area contributed by atoms with Crippen molar-refractivity contribution >= 4 is 22.6 Å². The molecule has 0 aromatic heterocycles. The Morgan fingerprint density at radius 2 is 2.36 bits per heavy atom. The molecular weight excluding hydrogens is 293 g/mol. The Hall–Kier alpha value is 0.290. The quantitative estimate of drug-likeness (QED) is 0.494. The molecule has 4 heteroatoms. The van der Waals surface area contributed by atoms with E-state index in [1.807, 2.05) is 0 Å². The predicted molar refractivity (Wildman–Crippen MR) is 63.4 cm³/mol. The van der Waals surface area contributed by atoms with Crippen molar-refractivity contribution in [3.63, 3.8) is 0 Å². The van der Waals surface area contributed by atoms with Crippen molar-refractivity contribution in [1.82, 2.24) is 0 Å². The van der Waals surface area contributed by atoms with Crippen LogP contribution in [0.2, 0.25) is 0 Å². The van der Waals surface area contributed by atoms with Crippen LogP contribution < -0.4 is 0 Å². The van der Waals surface area contributed by atoms with Gasteiger partial charge in [-0.2, -0.15) is 4.91 Å². The lowest BCUT2D eigenvalue weighted by molar-refractivity contribution is -0.0971. The highest BCUT2D eigenvalue weighted by atomic mass is 127. The third-order valence-corrected chi connectivity index (χ3v) is 5.34. The summed E-state index contributed by atoms with van der Waals surface area (Å²) < 4.78 is 1.08. The first-order valence-corrected chi connectivity index (χ1v) is 6.74. The van der Waals surface area contributed by atoms with Gasteiger partial charge in [0.15, 0.2) is 0 Å². The van der Waals surface area contributed by atoms with E-state index >= 15 is 0 Å². The lowest BCUT2D eigenvalue weighted by Gasteiger charge is -2.58. The summed E-state index contributed by atoms with van der Waals surface area (Å²) in [6.45, 7) is 2.20. The standard InChI is InChI=1S/C10H16INO2/c1-6(5-11)9-7-2-8(13)4-10(9,3-7)12-14/h6-9,13H,2-5H2,1H3. The monoisotopic (exact) mass is 309 g/mol. The van der Waals surface area contributed by atoms with Crippen molar-refractivity contribution in [3.8, 4) is 0 Å². The maximum atomic E-state index is 10.9. The third kappa shape index (κ3) is 1.41. The molecular formula is C10H16INO2. The average Bonchev–Trinajstić information content (AvgIpc) is 2.16. The Labute approximate surface area is 97.8 Å². The van der Waals surface area contributed by atoms with Crippen LogP contribution >= 0.6 is 22.6 Å². The molecule has 0 spiro atoms. The first-order valence-electron chi connectivity index (χ1n) is 5.21. The number of fused-ring (bicyclic) bond motifs is 2. The molecule has 3 fully saturated rings. The highest BCUT2D eigenvalue weighted by Crippen LogP contribution is 2.58. The summed E-state index contributed by atoms with van der Waals surface area (Å²) in [7, 11) is 0. The number of rotatable bonds is 3. The maximum Gasteiger partial charge on any atom is 0.109 e. The Bertz CT molecular complexity index is 248. The molecule has 0 heterocycles. The zero-order chi connectivity index (χ0) is 10.3. The normalized spacial score (nSPS) is 48.1. The van der Waals surface area contributed by atoms with Crippen molar-refractivity contribution in [3.05, 3.63) is 4.91 Å². The van der Waals surface area contributed by atoms with Crippen LogP contribution in [0.25, 0.3) is 0 Å². The van der Waals surface area contributed by atoms with Crippen molar-refractivity contribution in [2.75, 3.05) is 4.43 Å². The average molecular weight is 309 g/mol. The molecule has 0 aliphatic heterocycles. The van der Waals surface area contributed by atoms with Gasteiger partial charge in [-0.3, -0.25) is 0 Å². The third-order valence-electron chi connectivity index (χ3n) is 3.95. The van der Waals surface area contributed by atoms with Crippen LogP contribution in [0.15, 0.2) is 5.18 Å². The molecule has 3 saturated carbocycles. The molecule has 0 amide bonds. The predicted octanol–water partition coefficient (Wildman–Crippen LogP) is 2.35. The van der Waals surface area contributed by atoms with E-state index in [4.69, 9.17) is 0 Å². The summed E-state index contributed by atoms with van der Waals surface area (Å²) in [6, 6.07) is 0. The number of aliphatic hydroxyl groups is 1. The van der Waals surface area contributed by atoms with E-state index in [1.54, 1.807) is 0 Å². The molecule has 5 unspecified atom stereocenters. The highest BCUT2D eigenvalue weighted by molar-refractivity contribution is 14.1. The summed E-state index contributed by atoms with van der Waals surface area (Å²) in [5.41, 5.74) is -0.410. The fourth-order valence-corrected chi connectivity index (χ4v) is 4.06. The maximum absolute atomic E-state index is 10.9. The largest absolute Gasteiger partial charge is 0.393 e. The minimum atomic E-state index is -0.410. The summed E-state index contributed by atoms with van der Waals surface area (Å²) in [6.07, 6.45) is 2.10. The van der Waals surface area contributed by atoms with Crippen molar-refractivity contribution in [2.45, 2.75) is 37.8 Å². The van der Waals surface area contributed by atoms with Crippen LogP contribution in [-0.4, -0.2) is 21.2 Å². The van der Waals surface area contributed by atoms with Gasteiger partial charge < -0.3 is 5.11 Å². The van der Waals surface area contributed by atoms with Crippen molar-refractivity contribution in [1.29, 1.82) is 0 Å². The Kier molecular flexibility index (Phi) is 2.85. The molecule has 0 saturated heterocycles. The van der Waals surface area contributed by atoms with Gasteiger partial charge in [0, 0.05) is 10.8 Å². The molecule has 3 nitrogen and oxygen atoms in total. The molecule has 3 rings (SSSR count). The van der Waals surface area contributed by atoms with Crippen LogP contribution in [0.5, 0.6) is 0 Å². The summed E-state index contributed by atoms with van der Waals surface area (Å²) in [4.78, 5) is 10.9. The van der Waals surface area contributed by atoms with Gasteiger partial charge in [0.05, 0.1) is 6.10 Å². The molecule has 0 aromatic carbocycles. The van der Waals surface area contributed by atoms with Gasteiger partial charge in [0.25, 0.3) is 0 Å². The summed E-state index contributed by atoms with van der Waals surface area (Å²) >= 11 is 2.37. The van der Waals surface area contributed by atoms with E-state index in [9.17, 15) is 10.0 Å². The molecule has 0 radical (unpaired) electrons. The Balaban J connectivity index is 2.15. The van der Waals surface area contributed by atoms with Crippen molar-refractivity contribution < 1.29 is 5.11 Å². The number of hydrogen-bond acceptors (Lipinski definition) is 3. The van der Waals surface area contributed by atoms with Gasteiger partial charge in [-0.05, 0) is 30.6 Å². The molecule has 1 N–H and O–H groups in total. The molecule has 2 bridgehead atoms. The fourth-order valence-electron chi connectivity index (χ4n) is 3.51. The van der Waals surface area contributed by atoms with E-state index in [-0.39, 0.29) is 6.10 Å². The molecule has 0 aromatic rings. The van der Waals surface area contributed by atoms with Gasteiger partial charge in [-0.25, -0.2) is 0 Å². The van der Waals surface area contributed by atoms with E-state index in [2.05, 4.69) is 34.7 Å². The molecule has 3 aliphatic carbocycles. The minimum Gasteiger partial charge on any atom is -0.393 e. The number of halogens is 1. The molecule has 80 valence electrons. The lowest BCUT2D eigenvalue weighted by Crippen LogP contribution is -2.61. The fraction of sp³-hybridized carbons (Fsp3) is 1.00. The van der Waals surface area contributed by atoms with Crippen LogP contribution in [0.4, 0.5) is 0 Å². The Morgan fingerprint density at radius 3 is 2.93 bits per heavy atom. The number of nitroso groups, excluding NO2 is 1. The van der Waals surface area contributed by atoms with Crippen molar-refractivity contribution in [2.24, 2.45) is 22.9 Å². The van der Waals surface area contributed by atoms with Crippen LogP contribution in [0, 0.1) is 22.7 Å². The second-order valence-corrected chi connectivity index (χ2v) is 5.79. The SMILES string of the molecule is CC(CI)C1C2CC(O)CC1(N=O)C2. The number of alkyl halides is 1. The zero-order valence-corrected chi connectivity index (χ0v) is 10.5. The smallest absolute Gasteiger partial charge is 0.109 e. The van der Waals surface area contributed by atoms with E-state index in [1.165, 1.54) is 0 Å². The van der Waals surface area contributed by atoms with Crippen LogP contribution in [-0.2, 0) is 0 Å². The summed E-state index contributed by atoms with van der Waals surface area (Å²) in [5, 5.41) is 12.9. The molecule has 3 aliphatic rings. The van der Waals surface area contributed by atoms with Gasteiger partial charge in [-0.15, -0.1) is 0 Å². The number of hydrogen-bond donors (Lipinski definition) is 1. The molecule has 14 heavy (non-hydrogen) atoms. The van der Waals surface area contributed by atoms with Gasteiger partial charge >= 0.3 is 0 Å². The summed E-state index contributed by atoms with van der Waals surface area (Å²) in [5.74, 6) is 1.53. The zero-order valence-electron chi connectivity index (χ0n) is 8.32. The highest BCUT2D eigenvalue weighted by Gasteiger charge is 2.61. The van der Waals surface area contributed by atoms with E-state index < -0.39 is 5.54 Å².